The van der Waals surface area contributed by atoms with Crippen LogP contribution in [0.4, 0.5) is 11.5 Å². The van der Waals surface area contributed by atoms with E-state index in [1.165, 1.54) is 6.21 Å². The topological polar surface area (TPSA) is 141 Å². The van der Waals surface area contributed by atoms with Gasteiger partial charge in [0.2, 0.25) is 0 Å². The Morgan fingerprint density at radius 1 is 1.29 bits per heavy atom. The largest absolute Gasteiger partial charge is 0.399 e. The summed E-state index contributed by atoms with van der Waals surface area (Å²) in [6.45, 7) is -0.146. The van der Waals surface area contributed by atoms with E-state index in [-0.39, 0.29) is 13.2 Å². The molecule has 0 unspecified atom stereocenters. The number of nitrogens with one attached hydrogen (secondary N) is 2. The predicted octanol–water partition coefficient (Wildman–Crippen LogP) is 0.846. The average molecular weight is 327 g/mol. The number of pyridine rings is 1. The van der Waals surface area contributed by atoms with Gasteiger partial charge in [0, 0.05) is 47.5 Å². The molecule has 1 aromatic carbocycles. The van der Waals surface area contributed by atoms with Crippen LogP contribution in [0, 0.1) is 5.41 Å². The molecule has 0 radical (unpaired) electrons. The summed E-state index contributed by atoms with van der Waals surface area (Å²) in [7, 11) is 0. The van der Waals surface area contributed by atoms with Gasteiger partial charge < -0.3 is 32.4 Å². The first-order chi connectivity index (χ1) is 11.5. The van der Waals surface area contributed by atoms with Gasteiger partial charge in [0.05, 0.1) is 12.7 Å². The fourth-order valence-electron chi connectivity index (χ4n) is 2.10. The first kappa shape index (κ1) is 17.5. The van der Waals surface area contributed by atoms with E-state index in [2.05, 4.69) is 10.3 Å². The molecule has 126 valence electrons. The Labute approximate surface area is 140 Å². The van der Waals surface area contributed by atoms with Crippen LogP contribution in [0.2, 0.25) is 0 Å². The molecule has 2 rings (SSSR count). The number of benzene rings is 1. The minimum absolute atomic E-state index is 0.182. The molecule has 0 bridgehead atoms. The highest BCUT2D eigenvalue weighted by atomic mass is 16.3. The Bertz CT molecular complexity index is 728. The molecule has 7 nitrogen and oxygen atoms in total. The lowest BCUT2D eigenvalue weighted by Gasteiger charge is -2.10. The van der Waals surface area contributed by atoms with Crippen LogP contribution in [-0.4, -0.2) is 40.7 Å². The van der Waals surface area contributed by atoms with E-state index in [0.29, 0.717) is 22.6 Å². The van der Waals surface area contributed by atoms with Crippen molar-refractivity contribution in [2.75, 3.05) is 24.6 Å². The van der Waals surface area contributed by atoms with Gasteiger partial charge in [-0.05, 0) is 23.8 Å². The molecule has 0 aliphatic carbocycles. The number of hydrogen-bond acceptors (Lipinski definition) is 7. The van der Waals surface area contributed by atoms with E-state index in [1.54, 1.807) is 24.5 Å². The number of nitrogens with zero attached hydrogens (tertiary/aromatic N) is 1. The molecule has 0 aliphatic rings. The number of aromatic nitrogens is 1. The molecule has 1 aromatic heterocycles. The quantitative estimate of drug-likeness (QED) is 0.329. The third-order valence-corrected chi connectivity index (χ3v) is 3.45. The summed E-state index contributed by atoms with van der Waals surface area (Å²) in [5, 5.41) is 28.6. The molecule has 7 heteroatoms. The molecule has 2 aromatic rings. The van der Waals surface area contributed by atoms with Crippen molar-refractivity contribution >= 4 is 23.3 Å². The highest BCUT2D eigenvalue weighted by molar-refractivity contribution is 6.08. The van der Waals surface area contributed by atoms with E-state index in [0.717, 1.165) is 11.1 Å². The summed E-state index contributed by atoms with van der Waals surface area (Å²) in [6.07, 6.45) is 3.49. The van der Waals surface area contributed by atoms with Crippen molar-refractivity contribution in [2.24, 2.45) is 0 Å². The number of aliphatic hydroxyl groups is 2. The Hall–Kier alpha value is -2.90. The third-order valence-electron chi connectivity index (χ3n) is 3.45. The molecule has 1 heterocycles. The minimum atomic E-state index is -0.858. The van der Waals surface area contributed by atoms with E-state index in [4.69, 9.17) is 22.0 Å². The zero-order chi connectivity index (χ0) is 17.5. The first-order valence-electron chi connectivity index (χ1n) is 7.40. The van der Waals surface area contributed by atoms with Crippen LogP contribution < -0.4 is 16.8 Å². The predicted molar refractivity (Wildman–Crippen MR) is 96.4 cm³/mol. The fraction of sp³-hybridized carbons (Fsp3) is 0.176. The molecule has 24 heavy (non-hydrogen) atoms. The minimum Gasteiger partial charge on any atom is -0.399 e. The van der Waals surface area contributed by atoms with E-state index < -0.39 is 6.10 Å². The van der Waals surface area contributed by atoms with Crippen LogP contribution >= 0.6 is 0 Å². The maximum atomic E-state index is 9.33. The van der Waals surface area contributed by atoms with E-state index >= 15 is 0 Å². The maximum Gasteiger partial charge on any atom is 0.131 e. The number of anilines is 2. The van der Waals surface area contributed by atoms with Crippen LogP contribution in [0.25, 0.3) is 16.7 Å². The highest BCUT2D eigenvalue weighted by Crippen LogP contribution is 2.27. The first-order valence-corrected chi connectivity index (χ1v) is 7.40. The number of hydrogen-bond donors (Lipinski definition) is 6. The van der Waals surface area contributed by atoms with Gasteiger partial charge in [0.15, 0.2) is 0 Å². The Morgan fingerprint density at radius 2 is 2.00 bits per heavy atom. The maximum absolute atomic E-state index is 9.33. The zero-order valence-corrected chi connectivity index (χ0v) is 13.1. The van der Waals surface area contributed by atoms with Gasteiger partial charge in [0.1, 0.15) is 5.82 Å². The van der Waals surface area contributed by atoms with Gasteiger partial charge >= 0.3 is 0 Å². The second-order valence-corrected chi connectivity index (χ2v) is 5.27. The van der Waals surface area contributed by atoms with Gasteiger partial charge in [-0.15, -0.1) is 0 Å². The van der Waals surface area contributed by atoms with E-state index in [1.807, 2.05) is 18.2 Å². The smallest absolute Gasteiger partial charge is 0.131 e. The number of allylic oxidation sites excluding steroid dienone is 1. The van der Waals surface area contributed by atoms with Crippen molar-refractivity contribution in [2.45, 2.75) is 6.10 Å². The zero-order valence-electron chi connectivity index (χ0n) is 13.1. The van der Waals surface area contributed by atoms with Crippen LogP contribution in [-0.2, 0) is 0 Å². The number of rotatable bonds is 7. The summed E-state index contributed by atoms with van der Waals surface area (Å²) >= 11 is 0. The van der Waals surface area contributed by atoms with Gasteiger partial charge in [-0.2, -0.15) is 0 Å². The second kappa shape index (κ2) is 8.09. The summed E-state index contributed by atoms with van der Waals surface area (Å²) in [5.41, 5.74) is 15.2. The third kappa shape index (κ3) is 4.31. The number of aliphatic hydroxyl groups excluding tert-OH is 2. The van der Waals surface area contributed by atoms with Crippen LogP contribution in [0.15, 0.2) is 42.7 Å². The lowest BCUT2D eigenvalue weighted by atomic mass is 10.0. The van der Waals surface area contributed by atoms with Crippen LogP contribution in [0.1, 0.15) is 5.56 Å². The monoisotopic (exact) mass is 327 g/mol. The molecule has 0 fully saturated rings. The molecular weight excluding hydrogens is 306 g/mol. The molecular formula is C17H21N5O2. The standard InChI is InChI=1S/C17H21N5O2/c18-6-13(7-21-9-15(24)10-23)12-5-16(17(20)22-8-12)11-1-3-14(19)4-2-11/h1-8,15,18,21,23-24H,9-10,19H2,(H2,20,22)/b13-7+,18-6?/t15-/m0/s1. The van der Waals surface area contributed by atoms with Gasteiger partial charge in [-0.25, -0.2) is 4.98 Å². The van der Waals surface area contributed by atoms with Gasteiger partial charge in [-0.1, -0.05) is 12.1 Å². The molecule has 1 atom stereocenters. The summed E-state index contributed by atoms with van der Waals surface area (Å²) in [5.74, 6) is 0.386. The normalized spacial score (nSPS) is 12.7. The van der Waals surface area contributed by atoms with Crippen molar-refractivity contribution in [1.29, 1.82) is 5.41 Å². The Balaban J connectivity index is 2.30. The summed E-state index contributed by atoms with van der Waals surface area (Å²) < 4.78 is 0. The van der Waals surface area contributed by atoms with E-state index in [9.17, 15) is 5.11 Å². The molecule has 0 amide bonds. The highest BCUT2D eigenvalue weighted by Gasteiger charge is 2.08. The van der Waals surface area contributed by atoms with Crippen LogP contribution in [0.5, 0.6) is 0 Å². The molecule has 0 saturated carbocycles. The van der Waals surface area contributed by atoms with Crippen molar-refractivity contribution in [1.82, 2.24) is 10.3 Å². The number of nitrogens with two attached hydrogens (primary N) is 2. The molecule has 8 N–H and O–H groups in total. The van der Waals surface area contributed by atoms with Crippen LogP contribution in [0.3, 0.4) is 0 Å². The molecule has 0 spiro atoms. The average Bonchev–Trinajstić information content (AvgIpc) is 2.60. The van der Waals surface area contributed by atoms with Crippen molar-refractivity contribution < 1.29 is 10.2 Å². The Morgan fingerprint density at radius 3 is 2.62 bits per heavy atom. The second-order valence-electron chi connectivity index (χ2n) is 5.27. The van der Waals surface area contributed by atoms with Crippen molar-refractivity contribution in [3.05, 3.63) is 48.3 Å². The summed E-state index contributed by atoms with van der Waals surface area (Å²) in [6, 6.07) is 9.13. The lowest BCUT2D eigenvalue weighted by Crippen LogP contribution is -2.26. The fourth-order valence-corrected chi connectivity index (χ4v) is 2.10. The SMILES string of the molecule is N=C/C(=C\NC[C@H](O)CO)c1cnc(N)c(-c2ccc(N)cc2)c1. The lowest BCUT2D eigenvalue weighted by molar-refractivity contribution is 0.0972. The van der Waals surface area contributed by atoms with Gasteiger partial charge in [-0.3, -0.25) is 0 Å². The number of nitrogen functional groups attached to an aromatic ring is 2. The molecule has 0 aliphatic heterocycles. The van der Waals surface area contributed by atoms with Gasteiger partial charge in [0.25, 0.3) is 0 Å². The Kier molecular flexibility index (Phi) is 5.89. The van der Waals surface area contributed by atoms with Crippen molar-refractivity contribution in [3.63, 3.8) is 0 Å². The molecule has 0 saturated heterocycles. The summed E-state index contributed by atoms with van der Waals surface area (Å²) in [4.78, 5) is 4.19. The van der Waals surface area contributed by atoms with Crippen molar-refractivity contribution in [3.8, 4) is 11.1 Å².